The van der Waals surface area contributed by atoms with Crippen LogP contribution in [0.5, 0.6) is 0 Å². The molecular formula is C14H20FNO. The maximum atomic E-state index is 13.8. The Hall–Kier alpha value is -0.930. The number of rotatable bonds is 2. The second-order valence-electron chi connectivity index (χ2n) is 5.06. The minimum Gasteiger partial charge on any atom is -0.367 e. The highest BCUT2D eigenvalue weighted by atomic mass is 19.1. The lowest BCUT2D eigenvalue weighted by molar-refractivity contribution is -0.0819. The largest absolute Gasteiger partial charge is 0.367 e. The van der Waals surface area contributed by atoms with Gasteiger partial charge in [0.2, 0.25) is 0 Å². The normalized spacial score (nSPS) is 29.6. The average molecular weight is 237 g/mol. The third-order valence-corrected chi connectivity index (χ3v) is 3.37. The lowest BCUT2D eigenvalue weighted by Crippen LogP contribution is -2.48. The molecule has 0 saturated carbocycles. The Bertz CT molecular complexity index is 380. The van der Waals surface area contributed by atoms with Gasteiger partial charge < -0.3 is 10.1 Å². The van der Waals surface area contributed by atoms with E-state index in [-0.39, 0.29) is 24.1 Å². The van der Waals surface area contributed by atoms with Crippen LogP contribution in [0.2, 0.25) is 0 Å². The van der Waals surface area contributed by atoms with Crippen molar-refractivity contribution >= 4 is 0 Å². The number of benzene rings is 1. The van der Waals surface area contributed by atoms with Gasteiger partial charge in [-0.1, -0.05) is 32.0 Å². The summed E-state index contributed by atoms with van der Waals surface area (Å²) >= 11 is 0. The highest BCUT2D eigenvalue weighted by Gasteiger charge is 2.31. The standard InChI is InChI=1S/C14H20FNO/c1-9(2)13-8-16-10(3)14(17-13)11-6-4-5-7-12(11)15/h4-7,9-10,13-14,16H,8H2,1-3H3. The summed E-state index contributed by atoms with van der Waals surface area (Å²) in [6, 6.07) is 7.00. The minimum atomic E-state index is -0.197. The summed E-state index contributed by atoms with van der Waals surface area (Å²) in [6.07, 6.45) is -0.0480. The van der Waals surface area contributed by atoms with Crippen molar-refractivity contribution in [3.63, 3.8) is 0 Å². The molecule has 1 saturated heterocycles. The number of halogens is 1. The fraction of sp³-hybridized carbons (Fsp3) is 0.571. The van der Waals surface area contributed by atoms with E-state index < -0.39 is 0 Å². The topological polar surface area (TPSA) is 21.3 Å². The van der Waals surface area contributed by atoms with E-state index >= 15 is 0 Å². The van der Waals surface area contributed by atoms with Gasteiger partial charge in [0.1, 0.15) is 11.9 Å². The Kier molecular flexibility index (Phi) is 3.79. The van der Waals surface area contributed by atoms with Crippen LogP contribution in [-0.4, -0.2) is 18.7 Å². The molecule has 0 spiro atoms. The monoisotopic (exact) mass is 237 g/mol. The summed E-state index contributed by atoms with van der Waals surface area (Å²) in [7, 11) is 0. The van der Waals surface area contributed by atoms with E-state index in [2.05, 4.69) is 19.2 Å². The van der Waals surface area contributed by atoms with Gasteiger partial charge in [0.15, 0.2) is 0 Å². The third kappa shape index (κ3) is 2.67. The molecule has 0 aromatic heterocycles. The van der Waals surface area contributed by atoms with Crippen LogP contribution in [0.3, 0.4) is 0 Å². The van der Waals surface area contributed by atoms with Crippen LogP contribution in [0.1, 0.15) is 32.4 Å². The summed E-state index contributed by atoms with van der Waals surface area (Å²) in [5.41, 5.74) is 0.651. The quantitative estimate of drug-likeness (QED) is 0.854. The Morgan fingerprint density at radius 3 is 2.71 bits per heavy atom. The van der Waals surface area contributed by atoms with Gasteiger partial charge >= 0.3 is 0 Å². The highest BCUT2D eigenvalue weighted by Crippen LogP contribution is 2.29. The number of hydrogen-bond donors (Lipinski definition) is 1. The van der Waals surface area contributed by atoms with Crippen LogP contribution in [0, 0.1) is 11.7 Å². The van der Waals surface area contributed by atoms with Crippen molar-refractivity contribution in [2.24, 2.45) is 5.92 Å². The molecule has 3 atom stereocenters. The SMILES string of the molecule is CC(C)C1CNC(C)C(c2ccccc2F)O1. The molecule has 1 fully saturated rings. The zero-order chi connectivity index (χ0) is 12.4. The van der Waals surface area contributed by atoms with Crippen LogP contribution >= 0.6 is 0 Å². The number of morpholine rings is 1. The van der Waals surface area contributed by atoms with Crippen LogP contribution in [-0.2, 0) is 4.74 Å². The molecule has 0 aliphatic carbocycles. The molecule has 0 amide bonds. The molecular weight excluding hydrogens is 217 g/mol. The third-order valence-electron chi connectivity index (χ3n) is 3.37. The fourth-order valence-corrected chi connectivity index (χ4v) is 2.20. The molecule has 3 heteroatoms. The van der Waals surface area contributed by atoms with Crippen molar-refractivity contribution in [2.45, 2.75) is 39.0 Å². The summed E-state index contributed by atoms with van der Waals surface area (Å²) in [5, 5.41) is 3.40. The molecule has 2 nitrogen and oxygen atoms in total. The first kappa shape index (κ1) is 12.5. The number of nitrogens with one attached hydrogen (secondary N) is 1. The van der Waals surface area contributed by atoms with E-state index in [1.807, 2.05) is 13.0 Å². The first-order valence-electron chi connectivity index (χ1n) is 6.23. The molecule has 94 valence electrons. The molecule has 0 radical (unpaired) electrons. The van der Waals surface area contributed by atoms with Crippen molar-refractivity contribution in [3.05, 3.63) is 35.6 Å². The van der Waals surface area contributed by atoms with Gasteiger partial charge in [-0.05, 0) is 18.9 Å². The van der Waals surface area contributed by atoms with E-state index in [0.717, 1.165) is 6.54 Å². The van der Waals surface area contributed by atoms with Gasteiger partial charge in [0.25, 0.3) is 0 Å². The molecule has 1 aliphatic heterocycles. The zero-order valence-corrected chi connectivity index (χ0v) is 10.6. The van der Waals surface area contributed by atoms with Gasteiger partial charge in [0.05, 0.1) is 6.10 Å². The maximum absolute atomic E-state index is 13.8. The molecule has 1 aromatic rings. The Labute approximate surface area is 102 Å². The molecule has 1 aliphatic rings. The first-order valence-corrected chi connectivity index (χ1v) is 6.23. The van der Waals surface area contributed by atoms with Crippen LogP contribution in [0.25, 0.3) is 0 Å². The van der Waals surface area contributed by atoms with Crippen molar-refractivity contribution in [1.82, 2.24) is 5.32 Å². The first-order chi connectivity index (χ1) is 8.09. The van der Waals surface area contributed by atoms with E-state index in [9.17, 15) is 4.39 Å². The van der Waals surface area contributed by atoms with Crippen LogP contribution < -0.4 is 5.32 Å². The predicted octanol–water partition coefficient (Wildman–Crippen LogP) is 2.90. The molecule has 0 bridgehead atoms. The molecule has 2 rings (SSSR count). The summed E-state index contributed by atoms with van der Waals surface area (Å²) in [4.78, 5) is 0. The summed E-state index contributed by atoms with van der Waals surface area (Å²) in [6.45, 7) is 7.12. The average Bonchev–Trinajstić information content (AvgIpc) is 2.30. The van der Waals surface area contributed by atoms with E-state index in [1.54, 1.807) is 12.1 Å². The van der Waals surface area contributed by atoms with Crippen molar-refractivity contribution in [1.29, 1.82) is 0 Å². The minimum absolute atomic E-state index is 0.141. The number of ether oxygens (including phenoxy) is 1. The molecule has 1 heterocycles. The highest BCUT2D eigenvalue weighted by molar-refractivity contribution is 5.22. The Morgan fingerprint density at radius 2 is 2.06 bits per heavy atom. The Balaban J connectivity index is 2.21. The lowest BCUT2D eigenvalue weighted by atomic mass is 9.97. The van der Waals surface area contributed by atoms with Crippen LogP contribution in [0.15, 0.2) is 24.3 Å². The zero-order valence-electron chi connectivity index (χ0n) is 10.6. The van der Waals surface area contributed by atoms with Gasteiger partial charge in [0, 0.05) is 18.2 Å². The second-order valence-corrected chi connectivity index (χ2v) is 5.06. The maximum Gasteiger partial charge on any atom is 0.129 e. The van der Waals surface area contributed by atoms with E-state index in [0.29, 0.717) is 11.5 Å². The van der Waals surface area contributed by atoms with Crippen molar-refractivity contribution < 1.29 is 9.13 Å². The van der Waals surface area contributed by atoms with Gasteiger partial charge in [-0.2, -0.15) is 0 Å². The lowest BCUT2D eigenvalue weighted by Gasteiger charge is -2.38. The van der Waals surface area contributed by atoms with Gasteiger partial charge in [-0.3, -0.25) is 0 Å². The smallest absolute Gasteiger partial charge is 0.129 e. The second kappa shape index (κ2) is 5.15. The van der Waals surface area contributed by atoms with Crippen molar-refractivity contribution in [3.8, 4) is 0 Å². The molecule has 17 heavy (non-hydrogen) atoms. The summed E-state index contributed by atoms with van der Waals surface area (Å²) < 4.78 is 19.8. The van der Waals surface area contributed by atoms with E-state index in [1.165, 1.54) is 6.07 Å². The van der Waals surface area contributed by atoms with Crippen LogP contribution in [0.4, 0.5) is 4.39 Å². The number of hydrogen-bond acceptors (Lipinski definition) is 2. The van der Waals surface area contributed by atoms with Gasteiger partial charge in [-0.25, -0.2) is 4.39 Å². The molecule has 1 N–H and O–H groups in total. The predicted molar refractivity (Wildman–Crippen MR) is 66.3 cm³/mol. The van der Waals surface area contributed by atoms with Gasteiger partial charge in [-0.15, -0.1) is 0 Å². The van der Waals surface area contributed by atoms with E-state index in [4.69, 9.17) is 4.74 Å². The Morgan fingerprint density at radius 1 is 1.35 bits per heavy atom. The summed E-state index contributed by atoms with van der Waals surface area (Å²) in [5.74, 6) is 0.250. The van der Waals surface area contributed by atoms with Crippen molar-refractivity contribution in [2.75, 3.05) is 6.54 Å². The fourth-order valence-electron chi connectivity index (χ4n) is 2.20. The molecule has 1 aromatic carbocycles. The molecule has 3 unspecified atom stereocenters.